The van der Waals surface area contributed by atoms with Gasteiger partial charge in [0.05, 0.1) is 6.20 Å². The van der Waals surface area contributed by atoms with E-state index in [1.165, 1.54) is 0 Å². The molecule has 2 rings (SSSR count). The van der Waals surface area contributed by atoms with Gasteiger partial charge in [-0.15, -0.1) is 0 Å². The number of aromatic nitrogens is 2. The molecule has 2 aromatic rings. The van der Waals surface area contributed by atoms with Crippen LogP contribution in [-0.2, 0) is 6.54 Å². The predicted octanol–water partition coefficient (Wildman–Crippen LogP) is 1.99. The van der Waals surface area contributed by atoms with Gasteiger partial charge in [-0.2, -0.15) is 0 Å². The second-order valence-electron chi connectivity index (χ2n) is 3.28. The number of para-hydroxylation sites is 1. The van der Waals surface area contributed by atoms with Crippen molar-refractivity contribution in [1.82, 2.24) is 15.3 Å². The predicted molar refractivity (Wildman–Crippen MR) is 61.3 cm³/mol. The third-order valence-electron chi connectivity index (χ3n) is 2.09. The largest absolute Gasteiger partial charge is 0.437 e. The number of hydrogen-bond acceptors (Lipinski definition) is 4. The lowest BCUT2D eigenvalue weighted by Crippen LogP contribution is -2.06. The van der Waals surface area contributed by atoms with Gasteiger partial charge in [0.2, 0.25) is 5.88 Å². The lowest BCUT2D eigenvalue weighted by molar-refractivity contribution is 0.453. The van der Waals surface area contributed by atoms with E-state index in [-0.39, 0.29) is 0 Å². The first-order valence-electron chi connectivity index (χ1n) is 5.06. The third kappa shape index (κ3) is 2.55. The molecule has 0 aliphatic heterocycles. The van der Waals surface area contributed by atoms with E-state index in [0.29, 0.717) is 5.88 Å². The average Bonchev–Trinajstić information content (AvgIpc) is 2.33. The summed E-state index contributed by atoms with van der Waals surface area (Å²) in [5, 5.41) is 3.09. The normalized spacial score (nSPS) is 10.1. The highest BCUT2D eigenvalue weighted by molar-refractivity contribution is 5.35. The molecule has 16 heavy (non-hydrogen) atoms. The first-order chi connectivity index (χ1) is 7.90. The number of rotatable bonds is 4. The van der Waals surface area contributed by atoms with Gasteiger partial charge in [-0.1, -0.05) is 18.2 Å². The van der Waals surface area contributed by atoms with Gasteiger partial charge in [0.15, 0.2) is 0 Å². The van der Waals surface area contributed by atoms with E-state index in [0.717, 1.165) is 17.9 Å². The Labute approximate surface area is 94.3 Å². The fourth-order valence-corrected chi connectivity index (χ4v) is 1.39. The van der Waals surface area contributed by atoms with Gasteiger partial charge in [-0.25, -0.2) is 4.98 Å². The Morgan fingerprint density at radius 2 is 2.12 bits per heavy atom. The summed E-state index contributed by atoms with van der Waals surface area (Å²) >= 11 is 0. The topological polar surface area (TPSA) is 47.0 Å². The highest BCUT2D eigenvalue weighted by Gasteiger charge is 2.03. The summed E-state index contributed by atoms with van der Waals surface area (Å²) in [4.78, 5) is 8.02. The van der Waals surface area contributed by atoms with Gasteiger partial charge in [-0.05, 0) is 13.1 Å². The molecule has 0 bridgehead atoms. The van der Waals surface area contributed by atoms with Crippen molar-refractivity contribution in [3.63, 3.8) is 0 Å². The summed E-state index contributed by atoms with van der Waals surface area (Å²) < 4.78 is 5.65. The quantitative estimate of drug-likeness (QED) is 0.847. The third-order valence-corrected chi connectivity index (χ3v) is 2.09. The summed E-state index contributed by atoms with van der Waals surface area (Å²) in [6.45, 7) is 0.760. The molecule has 0 unspecified atom stereocenters. The monoisotopic (exact) mass is 215 g/mol. The van der Waals surface area contributed by atoms with Crippen molar-refractivity contribution in [3.8, 4) is 11.6 Å². The molecule has 0 saturated heterocycles. The second kappa shape index (κ2) is 5.23. The first-order valence-corrected chi connectivity index (χ1v) is 5.06. The highest BCUT2D eigenvalue weighted by atomic mass is 16.5. The van der Waals surface area contributed by atoms with Crippen molar-refractivity contribution in [2.45, 2.75) is 6.54 Å². The molecule has 0 spiro atoms. The van der Waals surface area contributed by atoms with Gasteiger partial charge >= 0.3 is 0 Å². The van der Waals surface area contributed by atoms with E-state index >= 15 is 0 Å². The number of benzene rings is 1. The molecule has 0 radical (unpaired) electrons. The average molecular weight is 215 g/mol. The molecule has 0 aliphatic carbocycles. The molecule has 0 atom stereocenters. The fraction of sp³-hybridized carbons (Fsp3) is 0.167. The summed E-state index contributed by atoms with van der Waals surface area (Å²) in [5.41, 5.74) is 1.09. The van der Waals surface area contributed by atoms with Crippen LogP contribution < -0.4 is 10.1 Å². The van der Waals surface area contributed by atoms with Crippen molar-refractivity contribution >= 4 is 0 Å². The van der Waals surface area contributed by atoms with Crippen LogP contribution in [0.1, 0.15) is 5.56 Å². The maximum absolute atomic E-state index is 5.65. The van der Waals surface area contributed by atoms with Crippen molar-refractivity contribution in [1.29, 1.82) is 0 Å². The number of nitrogens with zero attached hydrogens (tertiary/aromatic N) is 2. The number of ether oxygens (including phenoxy) is 1. The fourth-order valence-electron chi connectivity index (χ4n) is 1.39. The van der Waals surface area contributed by atoms with Crippen molar-refractivity contribution in [2.24, 2.45) is 0 Å². The van der Waals surface area contributed by atoms with Crippen LogP contribution in [0.2, 0.25) is 0 Å². The van der Waals surface area contributed by atoms with Gasteiger partial charge in [0, 0.05) is 24.5 Å². The molecule has 1 heterocycles. The van der Waals surface area contributed by atoms with E-state index in [2.05, 4.69) is 15.3 Å². The van der Waals surface area contributed by atoms with Crippen LogP contribution >= 0.6 is 0 Å². The van der Waals surface area contributed by atoms with Crippen molar-refractivity contribution in [3.05, 3.63) is 48.4 Å². The summed E-state index contributed by atoms with van der Waals surface area (Å²) in [6, 6.07) is 7.85. The zero-order chi connectivity index (χ0) is 11.2. The van der Waals surface area contributed by atoms with Gasteiger partial charge < -0.3 is 10.1 Å². The lowest BCUT2D eigenvalue weighted by atomic mass is 10.2. The van der Waals surface area contributed by atoms with Crippen molar-refractivity contribution in [2.75, 3.05) is 7.05 Å². The first kappa shape index (κ1) is 10.6. The van der Waals surface area contributed by atoms with Crippen LogP contribution in [0.5, 0.6) is 11.6 Å². The molecule has 0 amide bonds. The second-order valence-corrected chi connectivity index (χ2v) is 3.28. The number of nitrogens with one attached hydrogen (secondary N) is 1. The van der Waals surface area contributed by atoms with Gasteiger partial charge in [0.1, 0.15) is 5.75 Å². The Balaban J connectivity index is 2.21. The van der Waals surface area contributed by atoms with E-state index in [4.69, 9.17) is 4.74 Å². The van der Waals surface area contributed by atoms with Crippen LogP contribution in [-0.4, -0.2) is 17.0 Å². The zero-order valence-electron chi connectivity index (χ0n) is 9.05. The van der Waals surface area contributed by atoms with E-state index in [1.54, 1.807) is 18.6 Å². The summed E-state index contributed by atoms with van der Waals surface area (Å²) in [6.07, 6.45) is 4.82. The van der Waals surface area contributed by atoms with E-state index in [9.17, 15) is 0 Å². The van der Waals surface area contributed by atoms with E-state index < -0.39 is 0 Å². The standard InChI is InChI=1S/C12H13N3O/c1-13-8-10-4-2-3-5-11(10)16-12-9-14-6-7-15-12/h2-7,9,13H,8H2,1H3. The van der Waals surface area contributed by atoms with Gasteiger partial charge in [-0.3, -0.25) is 4.98 Å². The maximum atomic E-state index is 5.65. The lowest BCUT2D eigenvalue weighted by Gasteiger charge is -2.09. The van der Waals surface area contributed by atoms with Crippen LogP contribution in [0.3, 0.4) is 0 Å². The Bertz CT molecular complexity index is 445. The Morgan fingerprint density at radius 1 is 1.25 bits per heavy atom. The van der Waals surface area contributed by atoms with E-state index in [1.807, 2.05) is 31.3 Å². The molecule has 4 nitrogen and oxygen atoms in total. The zero-order valence-corrected chi connectivity index (χ0v) is 9.05. The molecule has 1 aromatic carbocycles. The Hall–Kier alpha value is -1.94. The summed E-state index contributed by atoms with van der Waals surface area (Å²) in [5.74, 6) is 1.31. The molecular weight excluding hydrogens is 202 g/mol. The summed E-state index contributed by atoms with van der Waals surface area (Å²) in [7, 11) is 1.90. The maximum Gasteiger partial charge on any atom is 0.237 e. The molecule has 1 aromatic heterocycles. The molecule has 82 valence electrons. The molecule has 0 aliphatic rings. The molecule has 4 heteroatoms. The number of hydrogen-bond donors (Lipinski definition) is 1. The van der Waals surface area contributed by atoms with Crippen LogP contribution in [0.25, 0.3) is 0 Å². The van der Waals surface area contributed by atoms with Crippen LogP contribution in [0, 0.1) is 0 Å². The smallest absolute Gasteiger partial charge is 0.237 e. The van der Waals surface area contributed by atoms with Crippen LogP contribution in [0.4, 0.5) is 0 Å². The Kier molecular flexibility index (Phi) is 3.46. The highest BCUT2D eigenvalue weighted by Crippen LogP contribution is 2.22. The minimum atomic E-state index is 0.506. The van der Waals surface area contributed by atoms with Crippen LogP contribution in [0.15, 0.2) is 42.9 Å². The Morgan fingerprint density at radius 3 is 2.88 bits per heavy atom. The SMILES string of the molecule is CNCc1ccccc1Oc1cnccn1. The molecule has 1 N–H and O–H groups in total. The molecule has 0 saturated carbocycles. The molecular formula is C12H13N3O. The molecule has 0 fully saturated rings. The van der Waals surface area contributed by atoms with Crippen molar-refractivity contribution < 1.29 is 4.74 Å². The van der Waals surface area contributed by atoms with Gasteiger partial charge in [0.25, 0.3) is 0 Å². The minimum absolute atomic E-state index is 0.506. The minimum Gasteiger partial charge on any atom is -0.437 e.